The molecule has 0 bridgehead atoms. The first kappa shape index (κ1) is 22.9. The maximum absolute atomic E-state index is 5.73. The monoisotopic (exact) mass is 429 g/mol. The van der Waals surface area contributed by atoms with Crippen molar-refractivity contribution in [2.45, 2.75) is 40.2 Å². The standard InChI is InChI=1S/C23H35N5O3/c1-6-30-21-13-19(7-8-20(21)29-5)27-23(24-4)25-14-18-9-11-28(12-10-18)15-22-26-16(2)17(3)31-22/h7-8,13,18H,6,9-12,14-15H2,1-5H3,(H2,24,25,27). The molecule has 1 aliphatic rings. The maximum Gasteiger partial charge on any atom is 0.208 e. The fourth-order valence-electron chi connectivity index (χ4n) is 3.73. The van der Waals surface area contributed by atoms with Gasteiger partial charge in [-0.25, -0.2) is 4.98 Å². The fraction of sp³-hybridized carbons (Fsp3) is 0.565. The van der Waals surface area contributed by atoms with Gasteiger partial charge in [-0.2, -0.15) is 0 Å². The molecule has 0 amide bonds. The molecule has 0 unspecified atom stereocenters. The molecule has 1 aromatic heterocycles. The predicted octanol–water partition coefficient (Wildman–Crippen LogP) is 3.60. The van der Waals surface area contributed by atoms with Crippen LogP contribution in [-0.4, -0.2) is 56.2 Å². The number of nitrogens with one attached hydrogen (secondary N) is 2. The number of rotatable bonds is 8. The highest BCUT2D eigenvalue weighted by Gasteiger charge is 2.21. The number of nitrogens with zero attached hydrogens (tertiary/aromatic N) is 3. The summed E-state index contributed by atoms with van der Waals surface area (Å²) >= 11 is 0. The Morgan fingerprint density at radius 3 is 2.65 bits per heavy atom. The Morgan fingerprint density at radius 2 is 2.03 bits per heavy atom. The van der Waals surface area contributed by atoms with Gasteiger partial charge in [0.05, 0.1) is 26.0 Å². The first-order chi connectivity index (χ1) is 15.0. The molecular formula is C23H35N5O3. The van der Waals surface area contributed by atoms with Gasteiger partial charge in [0, 0.05) is 25.3 Å². The Hall–Kier alpha value is -2.74. The van der Waals surface area contributed by atoms with Gasteiger partial charge in [-0.1, -0.05) is 0 Å². The molecule has 0 atom stereocenters. The Bertz CT molecular complexity index is 853. The van der Waals surface area contributed by atoms with Crippen LogP contribution in [0.4, 0.5) is 5.69 Å². The minimum atomic E-state index is 0.584. The number of hydrogen-bond acceptors (Lipinski definition) is 6. The van der Waals surface area contributed by atoms with Crippen molar-refractivity contribution in [1.29, 1.82) is 0 Å². The van der Waals surface area contributed by atoms with E-state index in [1.54, 1.807) is 14.2 Å². The molecule has 31 heavy (non-hydrogen) atoms. The zero-order valence-corrected chi connectivity index (χ0v) is 19.3. The Balaban J connectivity index is 1.45. The minimum absolute atomic E-state index is 0.584. The average Bonchev–Trinajstić information content (AvgIpc) is 3.09. The molecule has 0 aliphatic carbocycles. The lowest BCUT2D eigenvalue weighted by Gasteiger charge is -2.31. The Kier molecular flexibility index (Phi) is 8.17. The van der Waals surface area contributed by atoms with Crippen LogP contribution in [0, 0.1) is 19.8 Å². The van der Waals surface area contributed by atoms with Crippen molar-refractivity contribution in [3.05, 3.63) is 35.5 Å². The molecule has 1 aromatic carbocycles. The zero-order chi connectivity index (χ0) is 22.2. The molecule has 1 aliphatic heterocycles. The Morgan fingerprint density at radius 1 is 1.26 bits per heavy atom. The number of oxazole rings is 1. The molecule has 8 nitrogen and oxygen atoms in total. The van der Waals surface area contributed by atoms with Crippen LogP contribution in [0.5, 0.6) is 11.5 Å². The number of piperidine rings is 1. The van der Waals surface area contributed by atoms with Crippen molar-refractivity contribution in [1.82, 2.24) is 15.2 Å². The number of guanidine groups is 1. The highest BCUT2D eigenvalue weighted by Crippen LogP contribution is 2.30. The van der Waals surface area contributed by atoms with Gasteiger partial charge >= 0.3 is 0 Å². The highest BCUT2D eigenvalue weighted by molar-refractivity contribution is 5.93. The molecule has 0 radical (unpaired) electrons. The number of anilines is 1. The third kappa shape index (κ3) is 6.37. The van der Waals surface area contributed by atoms with E-state index in [-0.39, 0.29) is 0 Å². The summed E-state index contributed by atoms with van der Waals surface area (Å²) in [5, 5.41) is 6.80. The fourth-order valence-corrected chi connectivity index (χ4v) is 3.73. The molecule has 2 N–H and O–H groups in total. The second kappa shape index (κ2) is 11.0. The molecule has 0 saturated carbocycles. The van der Waals surface area contributed by atoms with Gasteiger partial charge in [0.1, 0.15) is 5.76 Å². The van der Waals surface area contributed by atoms with E-state index < -0.39 is 0 Å². The van der Waals surface area contributed by atoms with E-state index in [1.807, 2.05) is 39.0 Å². The number of aryl methyl sites for hydroxylation is 2. The largest absolute Gasteiger partial charge is 0.493 e. The van der Waals surface area contributed by atoms with Crippen LogP contribution in [-0.2, 0) is 6.54 Å². The van der Waals surface area contributed by atoms with Crippen molar-refractivity contribution < 1.29 is 13.9 Å². The van der Waals surface area contributed by atoms with Crippen molar-refractivity contribution in [3.8, 4) is 11.5 Å². The summed E-state index contributed by atoms with van der Waals surface area (Å²) in [6, 6.07) is 5.78. The van der Waals surface area contributed by atoms with E-state index in [0.29, 0.717) is 18.3 Å². The van der Waals surface area contributed by atoms with E-state index in [9.17, 15) is 0 Å². The molecule has 0 spiro atoms. The summed E-state index contributed by atoms with van der Waals surface area (Å²) in [5.41, 5.74) is 1.89. The van der Waals surface area contributed by atoms with Crippen molar-refractivity contribution >= 4 is 11.6 Å². The summed E-state index contributed by atoms with van der Waals surface area (Å²) in [5.74, 6) is 4.53. The van der Waals surface area contributed by atoms with Crippen LogP contribution >= 0.6 is 0 Å². The van der Waals surface area contributed by atoms with Gasteiger partial charge in [0.2, 0.25) is 5.89 Å². The second-order valence-electron chi connectivity index (χ2n) is 7.85. The second-order valence-corrected chi connectivity index (χ2v) is 7.85. The quantitative estimate of drug-likeness (QED) is 0.490. The Labute approximate surface area is 185 Å². The van der Waals surface area contributed by atoms with Crippen LogP contribution in [0.1, 0.15) is 37.1 Å². The smallest absolute Gasteiger partial charge is 0.208 e. The number of hydrogen-bond donors (Lipinski definition) is 2. The van der Waals surface area contributed by atoms with Crippen LogP contribution < -0.4 is 20.1 Å². The first-order valence-corrected chi connectivity index (χ1v) is 11.0. The van der Waals surface area contributed by atoms with Crippen molar-refractivity contribution in [2.24, 2.45) is 10.9 Å². The number of benzene rings is 1. The zero-order valence-electron chi connectivity index (χ0n) is 19.3. The van der Waals surface area contributed by atoms with E-state index in [0.717, 1.165) is 73.8 Å². The minimum Gasteiger partial charge on any atom is -0.493 e. The maximum atomic E-state index is 5.73. The van der Waals surface area contributed by atoms with Crippen molar-refractivity contribution in [3.63, 3.8) is 0 Å². The normalized spacial score (nSPS) is 15.7. The molecule has 2 heterocycles. The lowest BCUT2D eigenvalue weighted by molar-refractivity contribution is 0.164. The van der Waals surface area contributed by atoms with Gasteiger partial charge in [0.15, 0.2) is 17.5 Å². The molecule has 3 rings (SSSR count). The lowest BCUT2D eigenvalue weighted by Crippen LogP contribution is -2.40. The van der Waals surface area contributed by atoms with Crippen LogP contribution in [0.25, 0.3) is 0 Å². The van der Waals surface area contributed by atoms with Gasteiger partial charge in [0.25, 0.3) is 0 Å². The molecule has 1 fully saturated rings. The van der Waals surface area contributed by atoms with Gasteiger partial charge in [-0.15, -0.1) is 0 Å². The van der Waals surface area contributed by atoms with E-state index in [1.165, 1.54) is 0 Å². The molecule has 2 aromatic rings. The van der Waals surface area contributed by atoms with Crippen LogP contribution in [0.2, 0.25) is 0 Å². The van der Waals surface area contributed by atoms with Crippen LogP contribution in [0.3, 0.4) is 0 Å². The van der Waals surface area contributed by atoms with Gasteiger partial charge < -0.3 is 24.5 Å². The summed E-state index contributed by atoms with van der Waals surface area (Å²) < 4.78 is 16.7. The molecule has 170 valence electrons. The average molecular weight is 430 g/mol. The topological polar surface area (TPSA) is 84.2 Å². The SMILES string of the molecule is CCOc1cc(NC(=NC)NCC2CCN(Cc3nc(C)c(C)o3)CC2)ccc1OC. The predicted molar refractivity (Wildman–Crippen MR) is 123 cm³/mol. The van der Waals surface area contributed by atoms with Crippen LogP contribution in [0.15, 0.2) is 27.6 Å². The number of aromatic nitrogens is 1. The number of likely N-dealkylation sites (tertiary alicyclic amines) is 1. The molecule has 8 heteroatoms. The van der Waals surface area contributed by atoms with E-state index in [4.69, 9.17) is 13.9 Å². The number of aliphatic imine (C=N–C) groups is 1. The third-order valence-corrected chi connectivity index (χ3v) is 5.65. The van der Waals surface area contributed by atoms with Crippen molar-refractivity contribution in [2.75, 3.05) is 45.7 Å². The lowest BCUT2D eigenvalue weighted by atomic mass is 9.97. The van der Waals surface area contributed by atoms with E-state index >= 15 is 0 Å². The third-order valence-electron chi connectivity index (χ3n) is 5.65. The number of ether oxygens (including phenoxy) is 2. The number of methoxy groups -OCH3 is 1. The van der Waals surface area contributed by atoms with Gasteiger partial charge in [-0.05, 0) is 64.8 Å². The molecular weight excluding hydrogens is 394 g/mol. The molecule has 1 saturated heterocycles. The highest BCUT2D eigenvalue weighted by atomic mass is 16.5. The summed E-state index contributed by atoms with van der Waals surface area (Å²) in [4.78, 5) is 11.3. The summed E-state index contributed by atoms with van der Waals surface area (Å²) in [6.07, 6.45) is 2.28. The summed E-state index contributed by atoms with van der Waals surface area (Å²) in [6.45, 7) is 10.3. The van der Waals surface area contributed by atoms with E-state index in [2.05, 4.69) is 25.5 Å². The summed E-state index contributed by atoms with van der Waals surface area (Å²) in [7, 11) is 3.43. The first-order valence-electron chi connectivity index (χ1n) is 11.0. The van der Waals surface area contributed by atoms with Gasteiger partial charge in [-0.3, -0.25) is 9.89 Å².